The average molecular weight is 1060 g/mol. The summed E-state index contributed by atoms with van der Waals surface area (Å²) in [6.45, 7) is 4.50. The van der Waals surface area contributed by atoms with E-state index in [9.17, 15) is 19.0 Å². The van der Waals surface area contributed by atoms with Gasteiger partial charge in [-0.1, -0.05) is 316 Å². The molecule has 9 nitrogen and oxygen atoms in total. The van der Waals surface area contributed by atoms with E-state index in [1.807, 2.05) is 21.1 Å². The van der Waals surface area contributed by atoms with Crippen LogP contribution in [0.2, 0.25) is 0 Å². The molecule has 0 aliphatic carbocycles. The van der Waals surface area contributed by atoms with Crippen LogP contribution in [0.5, 0.6) is 0 Å². The highest BCUT2D eigenvalue weighted by atomic mass is 31.2. The number of phosphoric ester groups is 1. The molecule has 0 aromatic carbocycles. The fourth-order valence-electron chi connectivity index (χ4n) is 9.90. The van der Waals surface area contributed by atoms with E-state index in [0.717, 1.165) is 38.5 Å². The topological polar surface area (TPSA) is 108 Å². The predicted octanol–water partition coefficient (Wildman–Crippen LogP) is 20.2. The average Bonchev–Trinajstić information content (AvgIpc) is 3.35. The maximum atomic E-state index is 12.8. The van der Waals surface area contributed by atoms with E-state index in [0.29, 0.717) is 17.4 Å². The second-order valence-electron chi connectivity index (χ2n) is 23.5. The first-order chi connectivity index (χ1) is 35.5. The van der Waals surface area contributed by atoms with E-state index < -0.39 is 26.5 Å². The molecule has 0 aliphatic heterocycles. The number of ether oxygens (including phenoxy) is 2. The summed E-state index contributed by atoms with van der Waals surface area (Å²) in [6, 6.07) is 0. The van der Waals surface area contributed by atoms with Crippen LogP contribution in [-0.2, 0) is 32.7 Å². The standard InChI is InChI=1S/C63H126NO8P/c1-6-8-10-12-14-16-18-20-22-23-24-25-26-27-28-29-30-31-32-33-34-35-36-37-38-39-40-41-42-44-46-48-50-52-54-56-63(66)72-61(60-71-73(67,68)70-58-57-64(3,4)5)59-69-62(65)55-53-51-49-47-45-43-21-19-17-15-13-11-9-7-2/h61H,6-60H2,1-5H3/p+1. The number of likely N-dealkylation sites (N-methyl/N-ethyl adjacent to an activating group) is 1. The van der Waals surface area contributed by atoms with Crippen LogP contribution in [0.25, 0.3) is 0 Å². The van der Waals surface area contributed by atoms with Gasteiger partial charge in [-0.2, -0.15) is 0 Å². The zero-order chi connectivity index (χ0) is 53.5. The van der Waals surface area contributed by atoms with E-state index in [4.69, 9.17) is 18.5 Å². The molecule has 0 amide bonds. The molecule has 0 rings (SSSR count). The number of carbonyl (C=O) groups excluding carboxylic acids is 2. The van der Waals surface area contributed by atoms with Crippen LogP contribution in [0, 0.1) is 0 Å². The third kappa shape index (κ3) is 60.1. The summed E-state index contributed by atoms with van der Waals surface area (Å²) in [7, 11) is 1.50. The lowest BCUT2D eigenvalue weighted by molar-refractivity contribution is -0.870. The van der Waals surface area contributed by atoms with E-state index >= 15 is 0 Å². The van der Waals surface area contributed by atoms with Gasteiger partial charge in [0, 0.05) is 12.8 Å². The summed E-state index contributed by atoms with van der Waals surface area (Å²) in [4.78, 5) is 35.7. The summed E-state index contributed by atoms with van der Waals surface area (Å²) in [5.74, 6) is -0.774. The van der Waals surface area contributed by atoms with Gasteiger partial charge in [-0.3, -0.25) is 18.6 Å². The number of rotatable bonds is 61. The molecule has 0 aromatic rings. The van der Waals surface area contributed by atoms with Gasteiger partial charge in [0.2, 0.25) is 0 Å². The number of unbranched alkanes of at least 4 members (excludes halogenated alkanes) is 47. The van der Waals surface area contributed by atoms with Gasteiger partial charge in [-0.15, -0.1) is 0 Å². The van der Waals surface area contributed by atoms with Crippen LogP contribution >= 0.6 is 7.82 Å². The second-order valence-corrected chi connectivity index (χ2v) is 25.0. The van der Waals surface area contributed by atoms with E-state index in [2.05, 4.69) is 13.8 Å². The third-order valence-corrected chi connectivity index (χ3v) is 15.9. The zero-order valence-electron chi connectivity index (χ0n) is 49.7. The number of esters is 2. The molecule has 10 heteroatoms. The summed E-state index contributed by atoms with van der Waals surface area (Å²) in [5, 5.41) is 0. The molecule has 0 radical (unpaired) electrons. The van der Waals surface area contributed by atoms with Crippen LogP contribution in [0.15, 0.2) is 0 Å². The Morgan fingerprint density at radius 1 is 0.370 bits per heavy atom. The molecule has 0 saturated heterocycles. The number of quaternary nitrogens is 1. The number of hydrogen-bond acceptors (Lipinski definition) is 7. The lowest BCUT2D eigenvalue weighted by Crippen LogP contribution is -2.37. The van der Waals surface area contributed by atoms with Crippen LogP contribution in [0.4, 0.5) is 0 Å². The normalized spacial score (nSPS) is 13.1. The molecule has 0 saturated carbocycles. The fraction of sp³-hybridized carbons (Fsp3) is 0.968. The Kier molecular flexibility index (Phi) is 55.0. The van der Waals surface area contributed by atoms with Crippen LogP contribution < -0.4 is 0 Å². The van der Waals surface area contributed by atoms with Gasteiger partial charge >= 0.3 is 19.8 Å². The Hall–Kier alpha value is -0.990. The Labute approximate surface area is 454 Å². The van der Waals surface area contributed by atoms with Crippen molar-refractivity contribution < 1.29 is 42.1 Å². The molecule has 0 aromatic heterocycles. The quantitative estimate of drug-likeness (QED) is 0.0278. The largest absolute Gasteiger partial charge is 0.472 e. The predicted molar refractivity (Wildman–Crippen MR) is 312 cm³/mol. The first-order valence-electron chi connectivity index (χ1n) is 32.3. The van der Waals surface area contributed by atoms with Gasteiger partial charge < -0.3 is 18.9 Å². The van der Waals surface area contributed by atoms with Crippen LogP contribution in [0.1, 0.15) is 341 Å². The van der Waals surface area contributed by atoms with E-state index in [1.165, 1.54) is 276 Å². The molecule has 2 atom stereocenters. The molecular weight excluding hydrogens is 930 g/mol. The first kappa shape index (κ1) is 72.0. The zero-order valence-corrected chi connectivity index (χ0v) is 50.6. The van der Waals surface area contributed by atoms with Crippen molar-refractivity contribution in [1.82, 2.24) is 0 Å². The van der Waals surface area contributed by atoms with Crippen molar-refractivity contribution in [2.45, 2.75) is 347 Å². The molecule has 73 heavy (non-hydrogen) atoms. The van der Waals surface area contributed by atoms with Gasteiger partial charge in [0.15, 0.2) is 6.10 Å². The van der Waals surface area contributed by atoms with Gasteiger partial charge in [0.05, 0.1) is 27.7 Å². The van der Waals surface area contributed by atoms with Crippen molar-refractivity contribution in [3.63, 3.8) is 0 Å². The molecule has 436 valence electrons. The minimum absolute atomic E-state index is 0.0374. The monoisotopic (exact) mass is 1060 g/mol. The molecule has 0 aliphatic rings. The summed E-state index contributed by atoms with van der Waals surface area (Å²) in [5.41, 5.74) is 0. The van der Waals surface area contributed by atoms with Gasteiger partial charge in [0.25, 0.3) is 0 Å². The SMILES string of the molecule is CCCCCCCCCCCCCCCCCCCCCCCCCCCCCCCCCCCCCC(=O)OC(COC(=O)CCCCCCCCCCCCCCCC)COP(=O)(O)OCC[N+](C)(C)C. The number of nitrogens with zero attached hydrogens (tertiary/aromatic N) is 1. The van der Waals surface area contributed by atoms with Crippen molar-refractivity contribution in [2.75, 3.05) is 47.5 Å². The maximum Gasteiger partial charge on any atom is 0.472 e. The molecule has 1 N–H and O–H groups in total. The van der Waals surface area contributed by atoms with E-state index in [1.54, 1.807) is 0 Å². The molecule has 2 unspecified atom stereocenters. The van der Waals surface area contributed by atoms with Crippen molar-refractivity contribution >= 4 is 19.8 Å². The summed E-state index contributed by atoms with van der Waals surface area (Å²) >= 11 is 0. The van der Waals surface area contributed by atoms with Crippen LogP contribution in [-0.4, -0.2) is 74.9 Å². The highest BCUT2D eigenvalue weighted by Gasteiger charge is 2.27. The Balaban J connectivity index is 3.89. The highest BCUT2D eigenvalue weighted by molar-refractivity contribution is 7.47. The van der Waals surface area contributed by atoms with Gasteiger partial charge in [-0.25, -0.2) is 4.57 Å². The van der Waals surface area contributed by atoms with Crippen molar-refractivity contribution in [1.29, 1.82) is 0 Å². The minimum Gasteiger partial charge on any atom is -0.462 e. The first-order valence-corrected chi connectivity index (χ1v) is 33.8. The highest BCUT2D eigenvalue weighted by Crippen LogP contribution is 2.43. The fourth-order valence-corrected chi connectivity index (χ4v) is 10.6. The number of hydrogen-bond donors (Lipinski definition) is 1. The molecule has 0 fully saturated rings. The van der Waals surface area contributed by atoms with E-state index in [-0.39, 0.29) is 25.6 Å². The van der Waals surface area contributed by atoms with Crippen molar-refractivity contribution in [3.8, 4) is 0 Å². The number of carbonyl (C=O) groups is 2. The summed E-state index contributed by atoms with van der Waals surface area (Å²) < 4.78 is 34.6. The minimum atomic E-state index is -4.38. The molecule has 0 heterocycles. The molecule has 0 bridgehead atoms. The Morgan fingerprint density at radius 3 is 0.877 bits per heavy atom. The van der Waals surface area contributed by atoms with Crippen LogP contribution in [0.3, 0.4) is 0 Å². The lowest BCUT2D eigenvalue weighted by atomic mass is 10.0. The van der Waals surface area contributed by atoms with Gasteiger partial charge in [0.1, 0.15) is 19.8 Å². The van der Waals surface area contributed by atoms with Crippen molar-refractivity contribution in [3.05, 3.63) is 0 Å². The Bertz CT molecular complexity index is 1200. The molecule has 0 spiro atoms. The lowest BCUT2D eigenvalue weighted by Gasteiger charge is -2.24. The number of phosphoric acid groups is 1. The summed E-state index contributed by atoms with van der Waals surface area (Å²) in [6.07, 6.45) is 65.0. The smallest absolute Gasteiger partial charge is 0.462 e. The second kappa shape index (κ2) is 55.8. The van der Waals surface area contributed by atoms with Crippen molar-refractivity contribution in [2.24, 2.45) is 0 Å². The Morgan fingerprint density at radius 2 is 0.616 bits per heavy atom. The van der Waals surface area contributed by atoms with Gasteiger partial charge in [-0.05, 0) is 12.8 Å². The third-order valence-electron chi connectivity index (χ3n) is 14.9. The maximum absolute atomic E-state index is 12.8. The molecular formula is C63H127NO8P+.